The van der Waals surface area contributed by atoms with Gasteiger partial charge in [0.1, 0.15) is 5.37 Å². The maximum atomic E-state index is 10.8. The Bertz CT molecular complexity index is 326. The number of benzene rings is 1. The minimum absolute atomic E-state index is 0. The van der Waals surface area contributed by atoms with Gasteiger partial charge >= 0.3 is 0 Å². The SMILES string of the molecule is Cl.O=C1C=NC(c2ccccc2)S1. The number of hydrogen-bond acceptors (Lipinski definition) is 3. The Morgan fingerprint density at radius 3 is 2.46 bits per heavy atom. The third-order valence-corrected chi connectivity index (χ3v) is 2.58. The van der Waals surface area contributed by atoms with Crippen molar-refractivity contribution in [3.8, 4) is 0 Å². The Balaban J connectivity index is 0.000000845. The smallest absolute Gasteiger partial charge is 0.232 e. The Labute approximate surface area is 86.9 Å². The quantitative estimate of drug-likeness (QED) is 0.717. The molecule has 4 heteroatoms. The second-order valence-electron chi connectivity index (χ2n) is 2.48. The zero-order chi connectivity index (χ0) is 8.39. The highest BCUT2D eigenvalue weighted by atomic mass is 35.5. The minimum Gasteiger partial charge on any atom is -0.280 e. The molecule has 1 aliphatic rings. The molecule has 0 saturated carbocycles. The van der Waals surface area contributed by atoms with E-state index in [1.807, 2.05) is 30.3 Å². The second-order valence-corrected chi connectivity index (χ2v) is 3.56. The van der Waals surface area contributed by atoms with Crippen molar-refractivity contribution in [3.63, 3.8) is 0 Å². The fourth-order valence-corrected chi connectivity index (χ4v) is 1.83. The third-order valence-electron chi connectivity index (χ3n) is 1.63. The Hall–Kier alpha value is -0.800. The maximum absolute atomic E-state index is 10.8. The molecule has 0 bridgehead atoms. The zero-order valence-electron chi connectivity index (χ0n) is 6.71. The van der Waals surface area contributed by atoms with Crippen LogP contribution in [-0.4, -0.2) is 11.3 Å². The van der Waals surface area contributed by atoms with E-state index in [0.717, 1.165) is 5.56 Å². The van der Waals surface area contributed by atoms with Crippen LogP contribution in [0.3, 0.4) is 0 Å². The summed E-state index contributed by atoms with van der Waals surface area (Å²) in [6, 6.07) is 9.82. The normalized spacial score (nSPS) is 20.0. The van der Waals surface area contributed by atoms with Gasteiger partial charge in [0.25, 0.3) is 0 Å². The lowest BCUT2D eigenvalue weighted by Crippen LogP contribution is -1.86. The molecule has 0 fully saturated rings. The summed E-state index contributed by atoms with van der Waals surface area (Å²) in [5, 5.41) is 0.0301. The van der Waals surface area contributed by atoms with Crippen molar-refractivity contribution in [1.29, 1.82) is 0 Å². The van der Waals surface area contributed by atoms with E-state index >= 15 is 0 Å². The van der Waals surface area contributed by atoms with Gasteiger partial charge in [-0.2, -0.15) is 0 Å². The fraction of sp³-hybridized carbons (Fsp3) is 0.111. The highest BCUT2D eigenvalue weighted by Crippen LogP contribution is 2.33. The average Bonchev–Trinajstić information content (AvgIpc) is 2.54. The highest BCUT2D eigenvalue weighted by molar-refractivity contribution is 8.15. The van der Waals surface area contributed by atoms with Crippen molar-refractivity contribution in [1.82, 2.24) is 0 Å². The van der Waals surface area contributed by atoms with Crippen LogP contribution >= 0.6 is 24.2 Å². The molecular formula is C9H8ClNOS. The van der Waals surface area contributed by atoms with Crippen molar-refractivity contribution >= 4 is 35.5 Å². The minimum atomic E-state index is -0.0151. The predicted octanol–water partition coefficient (Wildman–Crippen LogP) is 2.45. The first kappa shape index (κ1) is 10.3. The molecule has 1 aromatic rings. The van der Waals surface area contributed by atoms with Gasteiger partial charge in [0, 0.05) is 0 Å². The van der Waals surface area contributed by atoms with Crippen molar-refractivity contribution < 1.29 is 4.79 Å². The number of rotatable bonds is 1. The van der Waals surface area contributed by atoms with Gasteiger partial charge in [0.2, 0.25) is 5.12 Å². The summed E-state index contributed by atoms with van der Waals surface area (Å²) in [6.45, 7) is 0. The number of aliphatic imine (C=N–C) groups is 1. The van der Waals surface area contributed by atoms with Gasteiger partial charge in [0.15, 0.2) is 0 Å². The summed E-state index contributed by atoms with van der Waals surface area (Å²) in [6.07, 6.45) is 1.39. The molecule has 0 N–H and O–H groups in total. The summed E-state index contributed by atoms with van der Waals surface area (Å²) in [5.41, 5.74) is 1.09. The lowest BCUT2D eigenvalue weighted by atomic mass is 10.2. The zero-order valence-corrected chi connectivity index (χ0v) is 8.35. The van der Waals surface area contributed by atoms with Gasteiger partial charge < -0.3 is 0 Å². The number of thioether (sulfide) groups is 1. The van der Waals surface area contributed by atoms with E-state index in [2.05, 4.69) is 4.99 Å². The number of nitrogens with zero attached hydrogens (tertiary/aromatic N) is 1. The van der Waals surface area contributed by atoms with E-state index in [-0.39, 0.29) is 22.9 Å². The molecule has 1 heterocycles. The van der Waals surface area contributed by atoms with Crippen molar-refractivity contribution in [3.05, 3.63) is 35.9 Å². The third kappa shape index (κ3) is 2.32. The molecule has 2 rings (SSSR count). The van der Waals surface area contributed by atoms with Gasteiger partial charge in [-0.3, -0.25) is 9.79 Å². The van der Waals surface area contributed by atoms with Gasteiger partial charge in [0.05, 0.1) is 6.21 Å². The molecule has 1 aromatic carbocycles. The lowest BCUT2D eigenvalue weighted by Gasteiger charge is -2.03. The molecule has 0 saturated heterocycles. The molecule has 0 aliphatic carbocycles. The van der Waals surface area contributed by atoms with Crippen molar-refractivity contribution in [2.75, 3.05) is 0 Å². The molecule has 0 amide bonds. The summed E-state index contributed by atoms with van der Waals surface area (Å²) < 4.78 is 0. The van der Waals surface area contributed by atoms with E-state index in [0.29, 0.717) is 0 Å². The number of halogens is 1. The Kier molecular flexibility index (Phi) is 3.51. The van der Waals surface area contributed by atoms with Crippen molar-refractivity contribution in [2.45, 2.75) is 5.37 Å². The summed E-state index contributed by atoms with van der Waals surface area (Å²) >= 11 is 1.26. The van der Waals surface area contributed by atoms with Crippen LogP contribution in [0.2, 0.25) is 0 Å². The molecule has 0 spiro atoms. The van der Waals surface area contributed by atoms with Gasteiger partial charge in [-0.1, -0.05) is 42.1 Å². The topological polar surface area (TPSA) is 29.4 Å². The van der Waals surface area contributed by atoms with E-state index in [4.69, 9.17) is 0 Å². The molecule has 1 aliphatic heterocycles. The maximum Gasteiger partial charge on any atom is 0.232 e. The van der Waals surface area contributed by atoms with Gasteiger partial charge in [-0.25, -0.2) is 0 Å². The summed E-state index contributed by atoms with van der Waals surface area (Å²) in [5.74, 6) is 0. The molecule has 1 atom stereocenters. The second kappa shape index (κ2) is 4.44. The standard InChI is InChI=1S/C9H7NOS.ClH/c11-8-6-10-9(12-8)7-4-2-1-3-5-7;/h1-6,9H;1H. The lowest BCUT2D eigenvalue weighted by molar-refractivity contribution is -0.105. The summed E-state index contributed by atoms with van der Waals surface area (Å²) in [4.78, 5) is 14.9. The molecule has 0 aromatic heterocycles. The fourth-order valence-electron chi connectivity index (χ4n) is 1.07. The van der Waals surface area contributed by atoms with E-state index in [9.17, 15) is 4.79 Å². The number of carbonyl (C=O) groups excluding carboxylic acids is 1. The van der Waals surface area contributed by atoms with Crippen LogP contribution in [-0.2, 0) is 4.79 Å². The molecule has 0 radical (unpaired) electrons. The van der Waals surface area contributed by atoms with Crippen molar-refractivity contribution in [2.24, 2.45) is 4.99 Å². The van der Waals surface area contributed by atoms with Gasteiger partial charge in [-0.05, 0) is 5.56 Å². The first-order valence-electron chi connectivity index (χ1n) is 3.65. The van der Waals surface area contributed by atoms with Crippen LogP contribution in [0.15, 0.2) is 35.3 Å². The first-order valence-corrected chi connectivity index (χ1v) is 4.53. The Morgan fingerprint density at radius 1 is 1.23 bits per heavy atom. The number of hydrogen-bond donors (Lipinski definition) is 0. The molecular weight excluding hydrogens is 206 g/mol. The average molecular weight is 214 g/mol. The highest BCUT2D eigenvalue weighted by Gasteiger charge is 2.19. The van der Waals surface area contributed by atoms with Crippen LogP contribution in [0.1, 0.15) is 10.9 Å². The summed E-state index contributed by atoms with van der Waals surface area (Å²) in [7, 11) is 0. The largest absolute Gasteiger partial charge is 0.280 e. The Morgan fingerprint density at radius 2 is 1.92 bits per heavy atom. The van der Waals surface area contributed by atoms with Crippen LogP contribution < -0.4 is 0 Å². The predicted molar refractivity (Wildman–Crippen MR) is 57.5 cm³/mol. The first-order chi connectivity index (χ1) is 5.86. The molecule has 68 valence electrons. The van der Waals surface area contributed by atoms with Gasteiger partial charge in [-0.15, -0.1) is 12.4 Å². The van der Waals surface area contributed by atoms with Crippen LogP contribution in [0.25, 0.3) is 0 Å². The van der Waals surface area contributed by atoms with Crippen LogP contribution in [0.5, 0.6) is 0 Å². The van der Waals surface area contributed by atoms with Crippen LogP contribution in [0.4, 0.5) is 0 Å². The van der Waals surface area contributed by atoms with E-state index in [1.54, 1.807) is 0 Å². The molecule has 1 unspecified atom stereocenters. The molecule has 13 heavy (non-hydrogen) atoms. The van der Waals surface area contributed by atoms with E-state index in [1.165, 1.54) is 18.0 Å². The van der Waals surface area contributed by atoms with Crippen LogP contribution in [0, 0.1) is 0 Å². The molecule has 2 nitrogen and oxygen atoms in total. The van der Waals surface area contributed by atoms with E-state index < -0.39 is 0 Å². The number of carbonyl (C=O) groups is 1. The monoisotopic (exact) mass is 213 g/mol.